The van der Waals surface area contributed by atoms with E-state index in [1.807, 2.05) is 13.8 Å². The van der Waals surface area contributed by atoms with Crippen molar-refractivity contribution >= 4 is 22.2 Å². The van der Waals surface area contributed by atoms with Gasteiger partial charge in [-0.25, -0.2) is 5.43 Å². The summed E-state index contributed by atoms with van der Waals surface area (Å²) in [6, 6.07) is 18.0. The summed E-state index contributed by atoms with van der Waals surface area (Å²) in [4.78, 5) is 12.5. The van der Waals surface area contributed by atoms with E-state index in [4.69, 9.17) is 8.92 Å². The predicted octanol–water partition coefficient (Wildman–Crippen LogP) is 3.84. The van der Waals surface area contributed by atoms with Crippen LogP contribution < -0.4 is 14.3 Å². The number of ether oxygens (including phenoxy) is 1. The van der Waals surface area contributed by atoms with Crippen LogP contribution >= 0.6 is 0 Å². The number of hydrazone groups is 1. The molecule has 0 saturated carbocycles. The number of hydrogen-bond acceptors (Lipinski definition) is 6. The van der Waals surface area contributed by atoms with Gasteiger partial charge in [-0.3, -0.25) is 4.79 Å². The Hall–Kier alpha value is -3.65. The van der Waals surface area contributed by atoms with Gasteiger partial charge in [-0.05, 0) is 55.8 Å². The Bertz CT molecular complexity index is 1220. The number of amides is 1. The van der Waals surface area contributed by atoms with Gasteiger partial charge in [0.25, 0.3) is 5.91 Å². The minimum absolute atomic E-state index is 0.0459. The molecule has 31 heavy (non-hydrogen) atoms. The van der Waals surface area contributed by atoms with Gasteiger partial charge < -0.3 is 8.92 Å². The highest BCUT2D eigenvalue weighted by molar-refractivity contribution is 7.87. The maximum absolute atomic E-state index is 12.6. The monoisotopic (exact) mass is 438 g/mol. The fourth-order valence-corrected chi connectivity index (χ4v) is 3.69. The van der Waals surface area contributed by atoms with Crippen LogP contribution in [0.1, 0.15) is 27.0 Å². The zero-order valence-corrected chi connectivity index (χ0v) is 18.1. The van der Waals surface area contributed by atoms with Gasteiger partial charge in [0.2, 0.25) is 0 Å². The molecular formula is C23H22N2O5S. The summed E-state index contributed by atoms with van der Waals surface area (Å²) >= 11 is 0. The summed E-state index contributed by atoms with van der Waals surface area (Å²) in [6.07, 6.45) is 1.32. The highest BCUT2D eigenvalue weighted by atomic mass is 32.2. The Morgan fingerprint density at radius 1 is 0.935 bits per heavy atom. The number of para-hydroxylation sites is 1. The van der Waals surface area contributed by atoms with Crippen LogP contribution in [0.5, 0.6) is 11.5 Å². The predicted molar refractivity (Wildman–Crippen MR) is 118 cm³/mol. The summed E-state index contributed by atoms with van der Waals surface area (Å²) in [5, 5.41) is 3.94. The lowest BCUT2D eigenvalue weighted by atomic mass is 10.1. The summed E-state index contributed by atoms with van der Waals surface area (Å²) in [5.41, 5.74) is 5.02. The Labute approximate surface area is 181 Å². The van der Waals surface area contributed by atoms with Gasteiger partial charge in [0.15, 0.2) is 5.75 Å². The minimum Gasteiger partial charge on any atom is -0.496 e. The van der Waals surface area contributed by atoms with E-state index in [-0.39, 0.29) is 10.6 Å². The van der Waals surface area contributed by atoms with Crippen molar-refractivity contribution in [3.8, 4) is 11.5 Å². The first-order chi connectivity index (χ1) is 14.8. The number of nitrogens with one attached hydrogen (secondary N) is 1. The molecule has 7 nitrogen and oxygen atoms in total. The third-order valence-electron chi connectivity index (χ3n) is 4.40. The molecule has 0 radical (unpaired) electrons. The molecule has 0 aliphatic rings. The molecule has 0 aliphatic heterocycles. The van der Waals surface area contributed by atoms with Crippen LogP contribution in [0.4, 0.5) is 0 Å². The second kappa shape index (κ2) is 9.44. The summed E-state index contributed by atoms with van der Waals surface area (Å²) in [5.74, 6) is 0.0633. The lowest BCUT2D eigenvalue weighted by Crippen LogP contribution is -2.18. The molecule has 0 atom stereocenters. The molecular weight excluding hydrogens is 416 g/mol. The van der Waals surface area contributed by atoms with Crippen LogP contribution in [-0.4, -0.2) is 27.6 Å². The van der Waals surface area contributed by atoms with E-state index in [1.165, 1.54) is 31.5 Å². The van der Waals surface area contributed by atoms with E-state index in [2.05, 4.69) is 10.5 Å². The van der Waals surface area contributed by atoms with Crippen molar-refractivity contribution < 1.29 is 22.1 Å². The Morgan fingerprint density at radius 2 is 1.61 bits per heavy atom. The van der Waals surface area contributed by atoms with Crippen LogP contribution in [0.25, 0.3) is 0 Å². The van der Waals surface area contributed by atoms with Crippen molar-refractivity contribution in [3.63, 3.8) is 0 Å². The number of hydrogen-bond donors (Lipinski definition) is 1. The van der Waals surface area contributed by atoms with Crippen LogP contribution in [0.15, 0.2) is 76.7 Å². The Balaban J connectivity index is 1.77. The van der Waals surface area contributed by atoms with E-state index in [0.29, 0.717) is 16.9 Å². The number of benzene rings is 3. The second-order valence-electron chi connectivity index (χ2n) is 6.79. The fraction of sp³-hybridized carbons (Fsp3) is 0.130. The fourth-order valence-electron chi connectivity index (χ4n) is 2.74. The van der Waals surface area contributed by atoms with Crippen molar-refractivity contribution in [1.82, 2.24) is 5.43 Å². The maximum atomic E-state index is 12.6. The molecule has 8 heteroatoms. The number of carbonyl (C=O) groups excluding carboxylic acids is 1. The first-order valence-electron chi connectivity index (χ1n) is 9.38. The molecule has 0 aliphatic carbocycles. The standard InChI is InChI=1S/C23H22N2O5S/c1-16-8-11-19(12-9-16)31(27,28)30-21-7-5-4-6-18(21)15-24-25-23(26)20-13-10-17(2)14-22(20)29-3/h4-15H,1-3H3,(H,25,26)/b24-15-. The van der Waals surface area contributed by atoms with Crippen molar-refractivity contribution in [3.05, 3.63) is 89.0 Å². The van der Waals surface area contributed by atoms with Crippen molar-refractivity contribution in [2.75, 3.05) is 7.11 Å². The van der Waals surface area contributed by atoms with Gasteiger partial charge in [0.05, 0.1) is 18.9 Å². The van der Waals surface area contributed by atoms with Gasteiger partial charge in [-0.1, -0.05) is 35.9 Å². The normalized spacial score (nSPS) is 11.3. The summed E-state index contributed by atoms with van der Waals surface area (Å²) in [7, 11) is -2.53. The highest BCUT2D eigenvalue weighted by Gasteiger charge is 2.18. The van der Waals surface area contributed by atoms with Gasteiger partial charge in [-0.15, -0.1) is 0 Å². The van der Waals surface area contributed by atoms with Gasteiger partial charge in [-0.2, -0.15) is 13.5 Å². The zero-order valence-electron chi connectivity index (χ0n) is 17.3. The molecule has 160 valence electrons. The van der Waals surface area contributed by atoms with Crippen LogP contribution in [0, 0.1) is 13.8 Å². The number of aryl methyl sites for hydroxylation is 2. The molecule has 3 aromatic carbocycles. The van der Waals surface area contributed by atoms with Crippen molar-refractivity contribution in [2.24, 2.45) is 5.10 Å². The molecule has 1 N–H and O–H groups in total. The van der Waals surface area contributed by atoms with E-state index in [1.54, 1.807) is 48.5 Å². The van der Waals surface area contributed by atoms with E-state index < -0.39 is 16.0 Å². The molecule has 1 amide bonds. The lowest BCUT2D eigenvalue weighted by Gasteiger charge is -2.10. The molecule has 0 saturated heterocycles. The van der Waals surface area contributed by atoms with Gasteiger partial charge in [0, 0.05) is 5.56 Å². The van der Waals surface area contributed by atoms with Gasteiger partial charge in [0.1, 0.15) is 10.6 Å². The van der Waals surface area contributed by atoms with Crippen LogP contribution in [0.2, 0.25) is 0 Å². The minimum atomic E-state index is -4.02. The highest BCUT2D eigenvalue weighted by Crippen LogP contribution is 2.22. The third kappa shape index (κ3) is 5.49. The maximum Gasteiger partial charge on any atom is 0.339 e. The van der Waals surface area contributed by atoms with Crippen molar-refractivity contribution in [1.29, 1.82) is 0 Å². The van der Waals surface area contributed by atoms with Gasteiger partial charge >= 0.3 is 10.1 Å². The third-order valence-corrected chi connectivity index (χ3v) is 5.65. The smallest absolute Gasteiger partial charge is 0.339 e. The molecule has 3 rings (SSSR count). The summed E-state index contributed by atoms with van der Waals surface area (Å²) < 4.78 is 35.7. The number of nitrogens with zero attached hydrogens (tertiary/aromatic N) is 1. The SMILES string of the molecule is COc1cc(C)ccc1C(=O)N/N=C\c1ccccc1OS(=O)(=O)c1ccc(C)cc1. The Morgan fingerprint density at radius 3 is 2.32 bits per heavy atom. The van der Waals surface area contributed by atoms with Crippen LogP contribution in [0.3, 0.4) is 0 Å². The number of rotatable bonds is 7. The average molecular weight is 439 g/mol. The molecule has 0 heterocycles. The van der Waals surface area contributed by atoms with E-state index in [9.17, 15) is 13.2 Å². The molecule has 3 aromatic rings. The van der Waals surface area contributed by atoms with Crippen LogP contribution in [-0.2, 0) is 10.1 Å². The lowest BCUT2D eigenvalue weighted by molar-refractivity contribution is 0.0952. The number of methoxy groups -OCH3 is 1. The molecule has 0 fully saturated rings. The zero-order chi connectivity index (χ0) is 22.4. The number of carbonyl (C=O) groups is 1. The molecule has 0 spiro atoms. The van der Waals surface area contributed by atoms with Crippen molar-refractivity contribution in [2.45, 2.75) is 18.7 Å². The average Bonchev–Trinajstić information content (AvgIpc) is 2.74. The Kier molecular flexibility index (Phi) is 6.71. The second-order valence-corrected chi connectivity index (χ2v) is 8.34. The summed E-state index contributed by atoms with van der Waals surface area (Å²) in [6.45, 7) is 3.76. The first kappa shape index (κ1) is 22.0. The topological polar surface area (TPSA) is 94.1 Å². The largest absolute Gasteiger partial charge is 0.496 e. The molecule has 0 aromatic heterocycles. The molecule has 0 bridgehead atoms. The molecule has 0 unspecified atom stereocenters. The van der Waals surface area contributed by atoms with E-state index in [0.717, 1.165) is 11.1 Å². The first-order valence-corrected chi connectivity index (χ1v) is 10.8. The quantitative estimate of drug-likeness (QED) is 0.344. The van der Waals surface area contributed by atoms with E-state index >= 15 is 0 Å².